The second-order valence-corrected chi connectivity index (χ2v) is 8.67. The van der Waals surface area contributed by atoms with Gasteiger partial charge in [0.2, 0.25) is 11.7 Å². The molecule has 0 unspecified atom stereocenters. The smallest absolute Gasteiger partial charge is 0.333 e. The standard InChI is InChI=1S/C24H23F6N5O/c1-14(15-5-3-2-4-6-15)31-17(9-16-10-19(26)20(27)12-18(16)25)11-22(36)34-7-8-35-21(13-34)32-33-23(35)24(28,29)30/h2-6,10,12,14,17,31H,7-9,11,13H2,1H3/t14-,17-/m1/s1. The fourth-order valence-corrected chi connectivity index (χ4v) is 4.29. The Morgan fingerprint density at radius 2 is 1.72 bits per heavy atom. The second kappa shape index (κ2) is 10.3. The van der Waals surface area contributed by atoms with Crippen LogP contribution in [0.25, 0.3) is 0 Å². The molecule has 4 rings (SSSR count). The third-order valence-electron chi connectivity index (χ3n) is 6.12. The lowest BCUT2D eigenvalue weighted by Crippen LogP contribution is -2.43. The molecule has 2 atom stereocenters. The molecule has 192 valence electrons. The summed E-state index contributed by atoms with van der Waals surface area (Å²) in [5, 5.41) is 10.0. The molecule has 1 amide bonds. The van der Waals surface area contributed by atoms with Crippen molar-refractivity contribution in [1.82, 2.24) is 25.0 Å². The van der Waals surface area contributed by atoms with Gasteiger partial charge >= 0.3 is 6.18 Å². The van der Waals surface area contributed by atoms with E-state index in [1.807, 2.05) is 37.3 Å². The molecule has 1 aromatic heterocycles. The first-order valence-electron chi connectivity index (χ1n) is 11.2. The number of alkyl halides is 3. The summed E-state index contributed by atoms with van der Waals surface area (Å²) in [5.74, 6) is -4.97. The van der Waals surface area contributed by atoms with Crippen molar-refractivity contribution < 1.29 is 31.1 Å². The zero-order chi connectivity index (χ0) is 26.0. The van der Waals surface area contributed by atoms with E-state index in [-0.39, 0.29) is 49.9 Å². The molecule has 0 fully saturated rings. The van der Waals surface area contributed by atoms with E-state index in [4.69, 9.17) is 0 Å². The van der Waals surface area contributed by atoms with Crippen LogP contribution in [0.3, 0.4) is 0 Å². The van der Waals surface area contributed by atoms with Gasteiger partial charge in [0.05, 0.1) is 6.54 Å². The van der Waals surface area contributed by atoms with Gasteiger partial charge in [-0.15, -0.1) is 10.2 Å². The molecule has 0 bridgehead atoms. The van der Waals surface area contributed by atoms with Gasteiger partial charge < -0.3 is 14.8 Å². The van der Waals surface area contributed by atoms with Gasteiger partial charge in [-0.2, -0.15) is 13.2 Å². The van der Waals surface area contributed by atoms with Crippen LogP contribution in [-0.2, 0) is 30.5 Å². The summed E-state index contributed by atoms with van der Waals surface area (Å²) in [6, 6.07) is 9.51. The van der Waals surface area contributed by atoms with Crippen molar-refractivity contribution in [1.29, 1.82) is 0 Å². The first-order valence-corrected chi connectivity index (χ1v) is 11.2. The first-order chi connectivity index (χ1) is 17.0. The van der Waals surface area contributed by atoms with Crippen molar-refractivity contribution in [2.75, 3.05) is 6.54 Å². The fourth-order valence-electron chi connectivity index (χ4n) is 4.29. The highest BCUT2D eigenvalue weighted by Gasteiger charge is 2.40. The molecule has 3 aromatic rings. The van der Waals surface area contributed by atoms with Gasteiger partial charge in [-0.3, -0.25) is 4.79 Å². The maximum Gasteiger partial charge on any atom is 0.451 e. The summed E-state index contributed by atoms with van der Waals surface area (Å²) in [4.78, 5) is 14.5. The van der Waals surface area contributed by atoms with Crippen LogP contribution in [0.5, 0.6) is 0 Å². The highest BCUT2D eigenvalue weighted by atomic mass is 19.4. The molecular weight excluding hydrogens is 488 g/mol. The highest BCUT2D eigenvalue weighted by Crippen LogP contribution is 2.29. The molecule has 0 saturated heterocycles. The predicted octanol–water partition coefficient (Wildman–Crippen LogP) is 4.41. The third kappa shape index (κ3) is 5.69. The number of nitrogens with one attached hydrogen (secondary N) is 1. The summed E-state index contributed by atoms with van der Waals surface area (Å²) in [6.45, 7) is 1.56. The molecule has 0 radical (unpaired) electrons. The van der Waals surface area contributed by atoms with Gasteiger partial charge in [-0.05, 0) is 30.5 Å². The Hall–Kier alpha value is -3.41. The van der Waals surface area contributed by atoms with Gasteiger partial charge in [0, 0.05) is 37.7 Å². The number of carbonyl (C=O) groups excluding carboxylic acids is 1. The predicted molar refractivity (Wildman–Crippen MR) is 117 cm³/mol. The molecule has 2 heterocycles. The van der Waals surface area contributed by atoms with Crippen LogP contribution in [0.15, 0.2) is 42.5 Å². The normalized spacial score (nSPS) is 15.5. The van der Waals surface area contributed by atoms with Gasteiger partial charge in [-0.1, -0.05) is 30.3 Å². The molecule has 6 nitrogen and oxygen atoms in total. The van der Waals surface area contributed by atoms with Gasteiger partial charge in [-0.25, -0.2) is 13.2 Å². The van der Waals surface area contributed by atoms with Crippen LogP contribution in [0.4, 0.5) is 26.3 Å². The Bertz CT molecular complexity index is 1230. The lowest BCUT2D eigenvalue weighted by atomic mass is 9.99. The minimum Gasteiger partial charge on any atom is -0.333 e. The van der Waals surface area contributed by atoms with Crippen LogP contribution in [0, 0.1) is 17.5 Å². The summed E-state index contributed by atoms with van der Waals surface area (Å²) in [7, 11) is 0. The van der Waals surface area contributed by atoms with Crippen LogP contribution < -0.4 is 5.32 Å². The summed E-state index contributed by atoms with van der Waals surface area (Å²) < 4.78 is 81.8. The number of aromatic nitrogens is 3. The number of amides is 1. The lowest BCUT2D eigenvalue weighted by Gasteiger charge is -2.30. The van der Waals surface area contributed by atoms with Crippen LogP contribution in [0.1, 0.15) is 42.2 Å². The van der Waals surface area contributed by atoms with E-state index in [2.05, 4.69) is 15.5 Å². The van der Waals surface area contributed by atoms with Gasteiger partial charge in [0.25, 0.3) is 0 Å². The zero-order valence-electron chi connectivity index (χ0n) is 19.2. The van der Waals surface area contributed by atoms with E-state index in [9.17, 15) is 31.1 Å². The van der Waals surface area contributed by atoms with E-state index < -0.39 is 41.4 Å². The number of carbonyl (C=O) groups is 1. The monoisotopic (exact) mass is 511 g/mol. The zero-order valence-corrected chi connectivity index (χ0v) is 19.2. The van der Waals surface area contributed by atoms with Crippen molar-refractivity contribution in [3.05, 3.63) is 82.7 Å². The number of hydrogen-bond acceptors (Lipinski definition) is 4. The van der Waals surface area contributed by atoms with E-state index >= 15 is 0 Å². The van der Waals surface area contributed by atoms with E-state index in [1.165, 1.54) is 4.90 Å². The Balaban J connectivity index is 1.52. The number of nitrogens with zero attached hydrogens (tertiary/aromatic N) is 4. The third-order valence-corrected chi connectivity index (χ3v) is 6.12. The van der Waals surface area contributed by atoms with Crippen molar-refractivity contribution in [2.45, 2.75) is 51.1 Å². The Labute approximate surface area is 202 Å². The molecule has 12 heteroatoms. The minimum absolute atomic E-state index is 0.00739. The number of hydrogen-bond donors (Lipinski definition) is 1. The average Bonchev–Trinajstić information content (AvgIpc) is 3.27. The summed E-state index contributed by atoms with van der Waals surface area (Å²) in [6.07, 6.45) is -4.93. The summed E-state index contributed by atoms with van der Waals surface area (Å²) >= 11 is 0. The lowest BCUT2D eigenvalue weighted by molar-refractivity contribution is -0.148. The van der Waals surface area contributed by atoms with Crippen molar-refractivity contribution in [3.63, 3.8) is 0 Å². The molecule has 1 aliphatic heterocycles. The number of halogens is 6. The van der Waals surface area contributed by atoms with E-state index in [0.29, 0.717) is 6.07 Å². The SMILES string of the molecule is C[C@@H](N[C@@H](CC(=O)N1CCn2c(nnc2C(F)(F)F)C1)Cc1cc(F)c(F)cc1F)c1ccccc1. The molecule has 36 heavy (non-hydrogen) atoms. The molecule has 0 aliphatic carbocycles. The van der Waals surface area contributed by atoms with Crippen molar-refractivity contribution in [3.8, 4) is 0 Å². The maximum atomic E-state index is 14.4. The summed E-state index contributed by atoms with van der Waals surface area (Å²) in [5.41, 5.74) is 0.791. The molecule has 0 saturated carbocycles. The number of benzene rings is 2. The van der Waals surface area contributed by atoms with Crippen LogP contribution in [0.2, 0.25) is 0 Å². The van der Waals surface area contributed by atoms with Crippen LogP contribution in [-0.4, -0.2) is 38.2 Å². The largest absolute Gasteiger partial charge is 0.451 e. The number of fused-ring (bicyclic) bond motifs is 1. The highest BCUT2D eigenvalue weighted by molar-refractivity contribution is 5.77. The maximum absolute atomic E-state index is 14.4. The molecule has 1 N–H and O–H groups in total. The molecular formula is C24H23F6N5O. The van der Waals surface area contributed by atoms with E-state index in [1.54, 1.807) is 0 Å². The quantitative estimate of drug-likeness (QED) is 0.377. The van der Waals surface area contributed by atoms with Crippen molar-refractivity contribution in [2.24, 2.45) is 0 Å². The topological polar surface area (TPSA) is 63.1 Å². The van der Waals surface area contributed by atoms with Crippen LogP contribution >= 0.6 is 0 Å². The van der Waals surface area contributed by atoms with E-state index in [0.717, 1.165) is 16.2 Å². The molecule has 1 aliphatic rings. The second-order valence-electron chi connectivity index (χ2n) is 8.67. The Morgan fingerprint density at radius 3 is 2.42 bits per heavy atom. The number of rotatable bonds is 7. The molecule has 0 spiro atoms. The average molecular weight is 511 g/mol. The Morgan fingerprint density at radius 1 is 1.03 bits per heavy atom. The molecule has 2 aromatic carbocycles. The van der Waals surface area contributed by atoms with Crippen molar-refractivity contribution >= 4 is 5.91 Å². The Kier molecular flexibility index (Phi) is 7.34. The fraction of sp³-hybridized carbons (Fsp3) is 0.375. The first kappa shape index (κ1) is 25.7. The minimum atomic E-state index is -4.66. The van der Waals surface area contributed by atoms with Gasteiger partial charge in [0.1, 0.15) is 5.82 Å². The van der Waals surface area contributed by atoms with Gasteiger partial charge in [0.15, 0.2) is 17.5 Å².